The fraction of sp³-hybridized carbons (Fsp3) is 0.400. The fourth-order valence-electron chi connectivity index (χ4n) is 0.560. The molecular formula is C5H9N3. The van der Waals surface area contributed by atoms with Crippen LogP contribution in [0.1, 0.15) is 12.5 Å². The summed E-state index contributed by atoms with van der Waals surface area (Å²) >= 11 is 0. The first-order valence-electron chi connectivity index (χ1n) is 2.61. The second-order valence-corrected chi connectivity index (χ2v) is 1.68. The lowest BCUT2D eigenvalue weighted by Crippen LogP contribution is -2.07. The van der Waals surface area contributed by atoms with Gasteiger partial charge in [0.2, 0.25) is 0 Å². The largest absolute Gasteiger partial charge is 0.323 e. The van der Waals surface area contributed by atoms with E-state index >= 15 is 0 Å². The van der Waals surface area contributed by atoms with Crippen molar-refractivity contribution in [2.75, 3.05) is 5.84 Å². The Bertz CT molecular complexity index is 168. The van der Waals surface area contributed by atoms with E-state index in [0.29, 0.717) is 0 Å². The summed E-state index contributed by atoms with van der Waals surface area (Å²) in [5.74, 6) is 5.26. The average molecular weight is 111 g/mol. The van der Waals surface area contributed by atoms with Gasteiger partial charge in [-0.1, -0.05) is 6.92 Å². The summed E-state index contributed by atoms with van der Waals surface area (Å²) in [4.78, 5) is 1.32. The predicted molar refractivity (Wildman–Crippen MR) is 31.8 cm³/mol. The smallest absolute Gasteiger partial charge is 0.0542 e. The molecule has 0 saturated heterocycles. The third kappa shape index (κ3) is 0.804. The molecule has 0 aliphatic heterocycles. The van der Waals surface area contributed by atoms with Crippen LogP contribution in [0.5, 0.6) is 0 Å². The van der Waals surface area contributed by atoms with E-state index in [0.717, 1.165) is 6.42 Å². The second-order valence-electron chi connectivity index (χ2n) is 1.68. The molecule has 0 fully saturated rings. The van der Waals surface area contributed by atoms with Crippen molar-refractivity contribution in [3.05, 3.63) is 18.0 Å². The van der Waals surface area contributed by atoms with Gasteiger partial charge in [0.25, 0.3) is 0 Å². The molecule has 3 heteroatoms. The summed E-state index contributed by atoms with van der Waals surface area (Å²) in [5.41, 5.74) is 1.17. The highest BCUT2D eigenvalue weighted by molar-refractivity contribution is 5.02. The maximum atomic E-state index is 5.26. The van der Waals surface area contributed by atoms with Crippen molar-refractivity contribution in [2.24, 2.45) is 0 Å². The van der Waals surface area contributed by atoms with Gasteiger partial charge in [-0.2, -0.15) is 9.89 Å². The van der Waals surface area contributed by atoms with Crippen LogP contribution in [-0.4, -0.2) is 9.89 Å². The Hall–Kier alpha value is -0.990. The number of hydrogen-bond donors (Lipinski definition) is 1. The molecule has 0 aromatic carbocycles. The summed E-state index contributed by atoms with van der Waals surface area (Å²) in [7, 11) is 0. The van der Waals surface area contributed by atoms with Crippen LogP contribution in [0, 0.1) is 0 Å². The molecule has 3 nitrogen and oxygen atoms in total. The summed E-state index contributed by atoms with van der Waals surface area (Å²) < 4.78 is 0. The van der Waals surface area contributed by atoms with Crippen molar-refractivity contribution >= 4 is 0 Å². The van der Waals surface area contributed by atoms with Gasteiger partial charge >= 0.3 is 0 Å². The first kappa shape index (κ1) is 5.15. The molecule has 0 radical (unpaired) electrons. The molecule has 0 aliphatic carbocycles. The number of hydrogen-bond acceptors (Lipinski definition) is 2. The van der Waals surface area contributed by atoms with Crippen LogP contribution in [0.3, 0.4) is 0 Å². The highest BCUT2D eigenvalue weighted by atomic mass is 15.5. The summed E-state index contributed by atoms with van der Waals surface area (Å²) in [6.07, 6.45) is 4.57. The van der Waals surface area contributed by atoms with E-state index in [1.54, 1.807) is 12.4 Å². The van der Waals surface area contributed by atoms with E-state index in [1.807, 2.05) is 0 Å². The minimum absolute atomic E-state index is 0.997. The molecule has 1 heterocycles. The topological polar surface area (TPSA) is 43.8 Å². The minimum atomic E-state index is 0.997. The quantitative estimate of drug-likeness (QED) is 0.524. The Balaban J connectivity index is 2.84. The number of aromatic nitrogens is 2. The normalized spacial score (nSPS) is 9.62. The van der Waals surface area contributed by atoms with Crippen molar-refractivity contribution in [3.63, 3.8) is 0 Å². The molecule has 0 bridgehead atoms. The molecule has 0 unspecified atom stereocenters. The van der Waals surface area contributed by atoms with Gasteiger partial charge in [0.15, 0.2) is 0 Å². The van der Waals surface area contributed by atoms with E-state index in [1.165, 1.54) is 10.4 Å². The molecule has 1 aromatic rings. The minimum Gasteiger partial charge on any atom is -0.323 e. The summed E-state index contributed by atoms with van der Waals surface area (Å²) in [5, 5.41) is 3.78. The molecule has 1 aromatic heterocycles. The van der Waals surface area contributed by atoms with Crippen LogP contribution in [0.4, 0.5) is 0 Å². The van der Waals surface area contributed by atoms with Gasteiger partial charge in [-0.05, 0) is 12.0 Å². The third-order valence-corrected chi connectivity index (χ3v) is 1.06. The number of nitrogen functional groups attached to an aromatic ring is 1. The Morgan fingerprint density at radius 1 is 1.88 bits per heavy atom. The Morgan fingerprint density at radius 3 is 2.88 bits per heavy atom. The maximum absolute atomic E-state index is 5.26. The number of nitrogens with two attached hydrogens (primary N) is 1. The summed E-state index contributed by atoms with van der Waals surface area (Å²) in [6, 6.07) is 0. The summed E-state index contributed by atoms with van der Waals surface area (Å²) in [6.45, 7) is 2.07. The Labute approximate surface area is 48.1 Å². The Kier molecular flexibility index (Phi) is 1.20. The van der Waals surface area contributed by atoms with Gasteiger partial charge in [-0.15, -0.1) is 0 Å². The third-order valence-electron chi connectivity index (χ3n) is 1.06. The zero-order chi connectivity index (χ0) is 5.98. The zero-order valence-corrected chi connectivity index (χ0v) is 4.83. The zero-order valence-electron chi connectivity index (χ0n) is 4.83. The molecule has 0 spiro atoms. The van der Waals surface area contributed by atoms with Crippen molar-refractivity contribution in [1.82, 2.24) is 9.89 Å². The van der Waals surface area contributed by atoms with Gasteiger partial charge < -0.3 is 5.84 Å². The fourth-order valence-corrected chi connectivity index (χ4v) is 0.560. The van der Waals surface area contributed by atoms with E-state index in [-0.39, 0.29) is 0 Å². The molecular weight excluding hydrogens is 102 g/mol. The van der Waals surface area contributed by atoms with Gasteiger partial charge in [0, 0.05) is 0 Å². The lowest BCUT2D eigenvalue weighted by Gasteiger charge is -1.82. The molecule has 0 amide bonds. The highest BCUT2D eigenvalue weighted by Gasteiger charge is 1.88. The van der Waals surface area contributed by atoms with Crippen molar-refractivity contribution in [1.29, 1.82) is 0 Å². The van der Waals surface area contributed by atoms with Gasteiger partial charge in [-0.25, -0.2) is 0 Å². The number of rotatable bonds is 1. The highest BCUT2D eigenvalue weighted by Crippen LogP contribution is 1.93. The van der Waals surface area contributed by atoms with E-state index in [4.69, 9.17) is 5.84 Å². The molecule has 0 atom stereocenters. The van der Waals surface area contributed by atoms with Crippen molar-refractivity contribution in [3.8, 4) is 0 Å². The second kappa shape index (κ2) is 1.86. The molecule has 0 aliphatic rings. The van der Waals surface area contributed by atoms with Crippen molar-refractivity contribution in [2.45, 2.75) is 13.3 Å². The lowest BCUT2D eigenvalue weighted by molar-refractivity contribution is 0.831. The van der Waals surface area contributed by atoms with Crippen LogP contribution < -0.4 is 5.84 Å². The number of nitrogens with zero attached hydrogens (tertiary/aromatic N) is 2. The van der Waals surface area contributed by atoms with Crippen LogP contribution in [0.25, 0.3) is 0 Å². The molecule has 2 N–H and O–H groups in total. The molecule has 1 rings (SSSR count). The predicted octanol–water partition coefficient (Wildman–Crippen LogP) is 0.159. The molecule has 8 heavy (non-hydrogen) atoms. The van der Waals surface area contributed by atoms with E-state index < -0.39 is 0 Å². The molecule has 44 valence electrons. The Morgan fingerprint density at radius 2 is 2.62 bits per heavy atom. The van der Waals surface area contributed by atoms with Crippen LogP contribution in [0.15, 0.2) is 12.4 Å². The van der Waals surface area contributed by atoms with Crippen LogP contribution in [-0.2, 0) is 6.42 Å². The van der Waals surface area contributed by atoms with Gasteiger partial charge in [0.1, 0.15) is 0 Å². The van der Waals surface area contributed by atoms with E-state index in [9.17, 15) is 0 Å². The number of aryl methyl sites for hydroxylation is 1. The van der Waals surface area contributed by atoms with Crippen molar-refractivity contribution < 1.29 is 0 Å². The average Bonchev–Trinajstić information content (AvgIpc) is 2.14. The molecule has 0 saturated carbocycles. The van der Waals surface area contributed by atoms with Crippen LogP contribution in [0.2, 0.25) is 0 Å². The van der Waals surface area contributed by atoms with Crippen LogP contribution >= 0.6 is 0 Å². The maximum Gasteiger partial charge on any atom is 0.0542 e. The van der Waals surface area contributed by atoms with Gasteiger partial charge in [-0.3, -0.25) is 0 Å². The lowest BCUT2D eigenvalue weighted by atomic mass is 10.3. The van der Waals surface area contributed by atoms with E-state index in [2.05, 4.69) is 12.0 Å². The van der Waals surface area contributed by atoms with Gasteiger partial charge in [0.05, 0.1) is 12.4 Å². The standard InChI is InChI=1S/C5H9N3/c1-2-5-3-7-8(6)4-5/h3-4H,2,6H2,1H3. The first-order valence-corrected chi connectivity index (χ1v) is 2.61. The SMILES string of the molecule is CCc1cnn(N)c1. The monoisotopic (exact) mass is 111 g/mol. The first-order chi connectivity index (χ1) is 3.83.